The molecule has 0 radical (unpaired) electrons. The van der Waals surface area contributed by atoms with Gasteiger partial charge in [-0.05, 0) is 30.7 Å². The summed E-state index contributed by atoms with van der Waals surface area (Å²) in [6, 6.07) is 13.9. The molecule has 0 N–H and O–H groups in total. The summed E-state index contributed by atoms with van der Waals surface area (Å²) in [5.41, 5.74) is 1.09. The zero-order valence-electron chi connectivity index (χ0n) is 14.6. The number of nitrogens with zero attached hydrogens (tertiary/aromatic N) is 2. The minimum atomic E-state index is -0.519. The Hall–Kier alpha value is -3.06. The molecule has 3 aromatic rings. The van der Waals surface area contributed by atoms with E-state index in [0.717, 1.165) is 16.9 Å². The number of rotatable bonds is 5. The molecule has 0 aliphatic carbocycles. The molecule has 1 heterocycles. The van der Waals surface area contributed by atoms with E-state index in [1.54, 1.807) is 25.1 Å². The van der Waals surface area contributed by atoms with Gasteiger partial charge in [0.2, 0.25) is 0 Å². The number of amides is 1. The lowest BCUT2D eigenvalue weighted by molar-refractivity contribution is -0.143. The fourth-order valence-corrected chi connectivity index (χ4v) is 3.57. The highest BCUT2D eigenvalue weighted by atomic mass is 32.1. The van der Waals surface area contributed by atoms with Gasteiger partial charge in [-0.15, -0.1) is 0 Å². The SMILES string of the molecule is CCOC(=O)Cn1c(=NC(=O)C=Cc2ccccc2)sc2cccc(F)c21. The van der Waals surface area contributed by atoms with Gasteiger partial charge in [-0.1, -0.05) is 47.7 Å². The lowest BCUT2D eigenvalue weighted by Gasteiger charge is -2.05. The van der Waals surface area contributed by atoms with Gasteiger partial charge in [-0.2, -0.15) is 4.99 Å². The molecule has 1 amide bonds. The lowest BCUT2D eigenvalue weighted by atomic mass is 10.2. The first-order valence-corrected chi connectivity index (χ1v) is 9.15. The van der Waals surface area contributed by atoms with Crippen LogP contribution in [0.2, 0.25) is 0 Å². The maximum absolute atomic E-state index is 14.3. The molecule has 0 unspecified atom stereocenters. The van der Waals surface area contributed by atoms with Crippen molar-refractivity contribution in [2.75, 3.05) is 6.61 Å². The van der Waals surface area contributed by atoms with Crippen molar-refractivity contribution in [1.82, 2.24) is 4.57 Å². The maximum Gasteiger partial charge on any atom is 0.326 e. The first-order chi connectivity index (χ1) is 13.1. The molecule has 3 rings (SSSR count). The van der Waals surface area contributed by atoms with Crippen molar-refractivity contribution < 1.29 is 18.7 Å². The van der Waals surface area contributed by atoms with Crippen LogP contribution in [0.5, 0.6) is 0 Å². The summed E-state index contributed by atoms with van der Waals surface area (Å²) in [4.78, 5) is 28.4. The number of aromatic nitrogens is 1. The summed E-state index contributed by atoms with van der Waals surface area (Å²) < 4.78 is 21.2. The number of para-hydroxylation sites is 1. The van der Waals surface area contributed by atoms with Crippen LogP contribution in [0.25, 0.3) is 16.3 Å². The molecular formula is C20H17FN2O3S. The maximum atomic E-state index is 14.3. The standard InChI is InChI=1S/C20H17FN2O3S/c1-2-26-18(25)13-23-19-15(21)9-6-10-16(19)27-20(23)22-17(24)12-11-14-7-4-3-5-8-14/h3-12H,2,13H2,1H3. The van der Waals surface area contributed by atoms with E-state index in [0.29, 0.717) is 4.70 Å². The van der Waals surface area contributed by atoms with E-state index in [4.69, 9.17) is 4.74 Å². The van der Waals surface area contributed by atoms with E-state index >= 15 is 0 Å². The Balaban J connectivity index is 2.00. The highest BCUT2D eigenvalue weighted by Crippen LogP contribution is 2.20. The van der Waals surface area contributed by atoms with Gasteiger partial charge >= 0.3 is 5.97 Å². The number of ether oxygens (including phenoxy) is 1. The molecule has 1 aromatic heterocycles. The smallest absolute Gasteiger partial charge is 0.326 e. The second kappa shape index (κ2) is 8.55. The van der Waals surface area contributed by atoms with E-state index in [1.807, 2.05) is 30.3 Å². The fraction of sp³-hybridized carbons (Fsp3) is 0.150. The molecule has 0 saturated carbocycles. The Kier molecular flexibility index (Phi) is 5.93. The first kappa shape index (κ1) is 18.7. The number of hydrogen-bond donors (Lipinski definition) is 0. The molecule has 2 aromatic carbocycles. The van der Waals surface area contributed by atoms with Gasteiger partial charge in [-0.25, -0.2) is 4.39 Å². The van der Waals surface area contributed by atoms with Crippen molar-refractivity contribution in [2.24, 2.45) is 4.99 Å². The van der Waals surface area contributed by atoms with E-state index in [9.17, 15) is 14.0 Å². The number of carbonyl (C=O) groups excluding carboxylic acids is 2. The third-order valence-corrected chi connectivity index (χ3v) is 4.71. The quantitative estimate of drug-likeness (QED) is 0.499. The normalized spacial score (nSPS) is 12.0. The van der Waals surface area contributed by atoms with Crippen molar-refractivity contribution in [3.05, 3.63) is 70.8 Å². The van der Waals surface area contributed by atoms with Crippen LogP contribution in [0.15, 0.2) is 59.6 Å². The molecule has 0 aliphatic heterocycles. The Morgan fingerprint density at radius 3 is 2.70 bits per heavy atom. The van der Waals surface area contributed by atoms with Crippen LogP contribution in [0.3, 0.4) is 0 Å². The summed E-state index contributed by atoms with van der Waals surface area (Å²) in [5.74, 6) is -1.50. The average Bonchev–Trinajstić information content (AvgIpc) is 2.99. The highest BCUT2D eigenvalue weighted by Gasteiger charge is 2.14. The van der Waals surface area contributed by atoms with E-state index in [-0.39, 0.29) is 23.5 Å². The van der Waals surface area contributed by atoms with Crippen molar-refractivity contribution in [1.29, 1.82) is 0 Å². The second-order valence-electron chi connectivity index (χ2n) is 5.56. The Labute approximate surface area is 159 Å². The summed E-state index contributed by atoms with van der Waals surface area (Å²) in [7, 11) is 0. The summed E-state index contributed by atoms with van der Waals surface area (Å²) in [5, 5.41) is 0. The largest absolute Gasteiger partial charge is 0.465 e. The number of hydrogen-bond acceptors (Lipinski definition) is 4. The fourth-order valence-electron chi connectivity index (χ4n) is 2.52. The number of fused-ring (bicyclic) bond motifs is 1. The predicted molar refractivity (Wildman–Crippen MR) is 102 cm³/mol. The molecule has 0 bridgehead atoms. The molecule has 5 nitrogen and oxygen atoms in total. The van der Waals surface area contributed by atoms with Gasteiger partial charge in [0.15, 0.2) is 4.80 Å². The highest BCUT2D eigenvalue weighted by molar-refractivity contribution is 7.16. The summed E-state index contributed by atoms with van der Waals surface area (Å²) >= 11 is 1.14. The molecule has 7 heteroatoms. The minimum Gasteiger partial charge on any atom is -0.465 e. The van der Waals surface area contributed by atoms with Gasteiger partial charge in [0.25, 0.3) is 5.91 Å². The van der Waals surface area contributed by atoms with Crippen LogP contribution in [0.1, 0.15) is 12.5 Å². The van der Waals surface area contributed by atoms with Crippen LogP contribution < -0.4 is 4.80 Å². The van der Waals surface area contributed by atoms with E-state index < -0.39 is 17.7 Å². The topological polar surface area (TPSA) is 60.7 Å². The van der Waals surface area contributed by atoms with Crippen molar-refractivity contribution in [3.63, 3.8) is 0 Å². The van der Waals surface area contributed by atoms with E-state index in [2.05, 4.69) is 4.99 Å². The zero-order chi connectivity index (χ0) is 19.2. The lowest BCUT2D eigenvalue weighted by Crippen LogP contribution is -2.23. The second-order valence-corrected chi connectivity index (χ2v) is 6.57. The van der Waals surface area contributed by atoms with Crippen molar-refractivity contribution in [2.45, 2.75) is 13.5 Å². The first-order valence-electron chi connectivity index (χ1n) is 8.33. The number of benzene rings is 2. The third-order valence-electron chi connectivity index (χ3n) is 3.67. The van der Waals surface area contributed by atoms with Crippen LogP contribution in [-0.4, -0.2) is 23.1 Å². The summed E-state index contributed by atoms with van der Waals surface area (Å²) in [6.45, 7) is 1.69. The van der Waals surface area contributed by atoms with Crippen LogP contribution in [-0.2, 0) is 20.9 Å². The van der Waals surface area contributed by atoms with Crippen LogP contribution in [0.4, 0.5) is 4.39 Å². The van der Waals surface area contributed by atoms with Crippen molar-refractivity contribution >= 4 is 39.5 Å². The van der Waals surface area contributed by atoms with Crippen LogP contribution >= 0.6 is 11.3 Å². The number of halogens is 1. The van der Waals surface area contributed by atoms with Crippen molar-refractivity contribution in [3.8, 4) is 0 Å². The molecule has 138 valence electrons. The minimum absolute atomic E-state index is 0.217. The Morgan fingerprint density at radius 2 is 1.96 bits per heavy atom. The molecule has 27 heavy (non-hydrogen) atoms. The van der Waals surface area contributed by atoms with Gasteiger partial charge in [0, 0.05) is 6.08 Å². The Bertz CT molecular complexity index is 1070. The van der Waals surface area contributed by atoms with Gasteiger partial charge in [0.1, 0.15) is 12.4 Å². The number of thiazole rings is 1. The van der Waals surface area contributed by atoms with Gasteiger partial charge < -0.3 is 9.30 Å². The van der Waals surface area contributed by atoms with Gasteiger partial charge in [0.05, 0.1) is 16.8 Å². The molecule has 0 aliphatic rings. The number of carbonyl (C=O) groups is 2. The molecule has 0 atom stereocenters. The van der Waals surface area contributed by atoms with Gasteiger partial charge in [-0.3, -0.25) is 9.59 Å². The third kappa shape index (κ3) is 4.57. The molecular weight excluding hydrogens is 367 g/mol. The number of esters is 1. The summed E-state index contributed by atoms with van der Waals surface area (Å²) in [6.07, 6.45) is 2.99. The Morgan fingerprint density at radius 1 is 1.19 bits per heavy atom. The average molecular weight is 384 g/mol. The monoisotopic (exact) mass is 384 g/mol. The molecule has 0 spiro atoms. The van der Waals surface area contributed by atoms with E-state index in [1.165, 1.54) is 16.7 Å². The van der Waals surface area contributed by atoms with Crippen LogP contribution in [0, 0.1) is 5.82 Å². The predicted octanol–water partition coefficient (Wildman–Crippen LogP) is 3.55. The molecule has 0 saturated heterocycles. The zero-order valence-corrected chi connectivity index (χ0v) is 15.4. The molecule has 0 fully saturated rings.